The lowest BCUT2D eigenvalue weighted by Gasteiger charge is -2.24. The quantitative estimate of drug-likeness (QED) is 0.507. The van der Waals surface area contributed by atoms with E-state index in [0.29, 0.717) is 30.7 Å². The molecular formula is C22H20F3N5O2. The van der Waals surface area contributed by atoms with E-state index >= 15 is 0 Å². The molecular weight excluding hydrogens is 423 g/mol. The Bertz CT molecular complexity index is 1360. The highest BCUT2D eigenvalue weighted by Crippen LogP contribution is 2.38. The summed E-state index contributed by atoms with van der Waals surface area (Å²) in [7, 11) is 1.98. The lowest BCUT2D eigenvalue weighted by Crippen LogP contribution is -2.29. The third-order valence-electron chi connectivity index (χ3n) is 5.91. The van der Waals surface area contributed by atoms with E-state index in [4.69, 9.17) is 0 Å². The number of aromatic carboxylic acids is 1. The van der Waals surface area contributed by atoms with E-state index in [9.17, 15) is 23.1 Å². The van der Waals surface area contributed by atoms with Crippen LogP contribution in [0.2, 0.25) is 0 Å². The first kappa shape index (κ1) is 20.5. The van der Waals surface area contributed by atoms with Crippen molar-refractivity contribution in [2.24, 2.45) is 0 Å². The first-order valence-corrected chi connectivity index (χ1v) is 10.2. The van der Waals surface area contributed by atoms with Crippen molar-refractivity contribution in [3.8, 4) is 0 Å². The molecule has 1 N–H and O–H groups in total. The van der Waals surface area contributed by atoms with Crippen LogP contribution in [-0.4, -0.2) is 63.6 Å². The smallest absolute Gasteiger partial charge is 0.417 e. The molecule has 1 saturated heterocycles. The summed E-state index contributed by atoms with van der Waals surface area (Å²) < 4.78 is 43.9. The Morgan fingerprint density at radius 2 is 1.81 bits per heavy atom. The van der Waals surface area contributed by atoms with Crippen molar-refractivity contribution in [2.75, 3.05) is 38.1 Å². The number of pyridine rings is 2. The number of likely N-dealkylation sites (N-methyl/N-ethyl adjacent to an activating group) is 1. The zero-order valence-corrected chi connectivity index (χ0v) is 17.2. The fourth-order valence-corrected chi connectivity index (χ4v) is 4.30. The molecule has 4 aromatic rings. The van der Waals surface area contributed by atoms with E-state index in [1.54, 1.807) is 24.3 Å². The molecule has 0 bridgehead atoms. The maximum atomic E-state index is 14.2. The fraction of sp³-hybridized carbons (Fsp3) is 0.318. The minimum absolute atomic E-state index is 0.0427. The monoisotopic (exact) mass is 443 g/mol. The van der Waals surface area contributed by atoms with Crippen molar-refractivity contribution in [2.45, 2.75) is 12.6 Å². The number of aromatic nitrogens is 3. The van der Waals surface area contributed by atoms with Gasteiger partial charge in [0.05, 0.1) is 16.6 Å². The van der Waals surface area contributed by atoms with Gasteiger partial charge < -0.3 is 14.9 Å². The summed E-state index contributed by atoms with van der Waals surface area (Å²) in [6, 6.07) is 8.93. The maximum absolute atomic E-state index is 14.2. The maximum Gasteiger partial charge on any atom is 0.417 e. The van der Waals surface area contributed by atoms with Gasteiger partial charge >= 0.3 is 12.1 Å². The molecule has 1 aliphatic rings. The number of anilines is 1. The molecule has 0 unspecified atom stereocenters. The first-order valence-electron chi connectivity index (χ1n) is 10.2. The molecule has 32 heavy (non-hydrogen) atoms. The third-order valence-corrected chi connectivity index (χ3v) is 5.91. The van der Waals surface area contributed by atoms with Crippen LogP contribution in [0.1, 0.15) is 22.3 Å². The highest BCUT2D eigenvalue weighted by molar-refractivity contribution is 6.03. The number of hydrogen-bond acceptors (Lipinski definition) is 5. The van der Waals surface area contributed by atoms with Crippen LogP contribution in [0, 0.1) is 0 Å². The van der Waals surface area contributed by atoms with Gasteiger partial charge in [-0.1, -0.05) is 12.1 Å². The Balaban J connectivity index is 1.89. The van der Waals surface area contributed by atoms with Crippen LogP contribution in [0.25, 0.3) is 27.7 Å². The Morgan fingerprint density at radius 3 is 2.56 bits per heavy atom. The van der Waals surface area contributed by atoms with Gasteiger partial charge in [-0.15, -0.1) is 0 Å². The molecule has 1 aromatic carbocycles. The van der Waals surface area contributed by atoms with Crippen molar-refractivity contribution >= 4 is 39.5 Å². The van der Waals surface area contributed by atoms with Crippen molar-refractivity contribution in [3.05, 3.63) is 47.5 Å². The summed E-state index contributed by atoms with van der Waals surface area (Å²) in [5.41, 5.74) is -0.105. The molecule has 3 aromatic heterocycles. The number of fused-ring (bicyclic) bond motifs is 5. The second kappa shape index (κ2) is 7.33. The summed E-state index contributed by atoms with van der Waals surface area (Å²) in [6.45, 7) is 2.70. The molecule has 0 amide bonds. The van der Waals surface area contributed by atoms with Gasteiger partial charge in [0, 0.05) is 25.0 Å². The normalized spacial score (nSPS) is 16.2. The number of carbonyl (C=O) groups is 1. The van der Waals surface area contributed by atoms with E-state index in [-0.39, 0.29) is 28.1 Å². The SMILES string of the molecule is CN1CCCN(c2cc(C(F)(F)F)c3cc(C(=O)O)c4nc5ccccc5n4c3n2)CC1. The molecule has 166 valence electrons. The summed E-state index contributed by atoms with van der Waals surface area (Å²) >= 11 is 0. The highest BCUT2D eigenvalue weighted by Gasteiger charge is 2.35. The number of hydrogen-bond donors (Lipinski definition) is 1. The van der Waals surface area contributed by atoms with Crippen molar-refractivity contribution in [1.82, 2.24) is 19.3 Å². The van der Waals surface area contributed by atoms with E-state index in [1.165, 1.54) is 4.40 Å². The summed E-state index contributed by atoms with van der Waals surface area (Å²) in [6.07, 6.45) is -3.88. The Hall–Kier alpha value is -3.40. The van der Waals surface area contributed by atoms with Gasteiger partial charge in [0.15, 0.2) is 5.65 Å². The van der Waals surface area contributed by atoms with Crippen molar-refractivity contribution in [3.63, 3.8) is 0 Å². The van der Waals surface area contributed by atoms with Crippen molar-refractivity contribution < 1.29 is 23.1 Å². The van der Waals surface area contributed by atoms with Gasteiger partial charge in [0.1, 0.15) is 17.0 Å². The van der Waals surface area contributed by atoms with Gasteiger partial charge in [-0.2, -0.15) is 13.2 Å². The minimum Gasteiger partial charge on any atom is -0.478 e. The van der Waals surface area contributed by atoms with Gasteiger partial charge in [-0.25, -0.2) is 14.8 Å². The lowest BCUT2D eigenvalue weighted by molar-refractivity contribution is -0.136. The molecule has 0 aliphatic carbocycles. The van der Waals surface area contributed by atoms with Crippen LogP contribution >= 0.6 is 0 Å². The van der Waals surface area contributed by atoms with Crippen molar-refractivity contribution in [1.29, 1.82) is 0 Å². The molecule has 0 atom stereocenters. The summed E-state index contributed by atoms with van der Waals surface area (Å²) in [4.78, 5) is 24.9. The molecule has 0 radical (unpaired) electrons. The zero-order chi connectivity index (χ0) is 22.6. The van der Waals surface area contributed by atoms with E-state index < -0.39 is 17.7 Å². The number of alkyl halides is 3. The Morgan fingerprint density at radius 1 is 1.03 bits per heavy atom. The molecule has 10 heteroatoms. The number of para-hydroxylation sites is 2. The number of benzene rings is 1. The molecule has 1 fully saturated rings. The first-order chi connectivity index (χ1) is 15.2. The lowest BCUT2D eigenvalue weighted by atomic mass is 10.1. The number of halogens is 3. The average molecular weight is 443 g/mol. The second-order valence-electron chi connectivity index (χ2n) is 8.03. The predicted octanol–water partition coefficient (Wildman–Crippen LogP) is 3.89. The topological polar surface area (TPSA) is 74.0 Å². The zero-order valence-electron chi connectivity index (χ0n) is 17.2. The molecule has 0 spiro atoms. The molecule has 5 rings (SSSR count). The van der Waals surface area contributed by atoms with Gasteiger partial charge in [-0.3, -0.25) is 4.40 Å². The molecule has 1 aliphatic heterocycles. The van der Waals surface area contributed by atoms with E-state index in [1.807, 2.05) is 11.9 Å². The van der Waals surface area contributed by atoms with Gasteiger partial charge in [0.2, 0.25) is 0 Å². The van der Waals surface area contributed by atoms with Crippen LogP contribution < -0.4 is 4.90 Å². The van der Waals surface area contributed by atoms with Gasteiger partial charge in [-0.05, 0) is 44.3 Å². The predicted molar refractivity (Wildman–Crippen MR) is 114 cm³/mol. The third kappa shape index (κ3) is 3.31. The highest BCUT2D eigenvalue weighted by atomic mass is 19.4. The number of imidazole rings is 1. The summed E-state index contributed by atoms with van der Waals surface area (Å²) in [5, 5.41) is 9.45. The Labute approximate surface area is 180 Å². The van der Waals surface area contributed by atoms with Crippen LogP contribution in [0.4, 0.5) is 19.0 Å². The standard InChI is InChI=1S/C22H20F3N5O2/c1-28-7-4-8-29(10-9-28)18-12-15(22(23,24)25)13-11-14(21(31)32)20-26-16-5-2-3-6-17(16)30(20)19(13)27-18/h2-3,5-6,11-12H,4,7-10H2,1H3,(H,31,32). The van der Waals surface area contributed by atoms with Crippen LogP contribution in [0.15, 0.2) is 36.4 Å². The Kier molecular flexibility index (Phi) is 4.70. The second-order valence-corrected chi connectivity index (χ2v) is 8.03. The van der Waals surface area contributed by atoms with Crippen LogP contribution in [0.5, 0.6) is 0 Å². The largest absolute Gasteiger partial charge is 0.478 e. The minimum atomic E-state index is -4.68. The van der Waals surface area contributed by atoms with E-state index in [0.717, 1.165) is 25.1 Å². The number of nitrogens with zero attached hydrogens (tertiary/aromatic N) is 5. The fourth-order valence-electron chi connectivity index (χ4n) is 4.30. The van der Waals surface area contributed by atoms with Crippen LogP contribution in [0.3, 0.4) is 0 Å². The average Bonchev–Trinajstić information content (AvgIpc) is 3.00. The van der Waals surface area contributed by atoms with E-state index in [2.05, 4.69) is 14.9 Å². The number of carboxylic acids is 1. The van der Waals surface area contributed by atoms with Gasteiger partial charge in [0.25, 0.3) is 0 Å². The molecule has 0 saturated carbocycles. The summed E-state index contributed by atoms with van der Waals surface area (Å²) in [5.74, 6) is -1.12. The molecule has 4 heterocycles. The molecule has 7 nitrogen and oxygen atoms in total. The van der Waals surface area contributed by atoms with Crippen LogP contribution in [-0.2, 0) is 6.18 Å². The number of rotatable bonds is 2. The number of carboxylic acid groups (broad SMARTS) is 1.